The highest BCUT2D eigenvalue weighted by atomic mass is 16.5. The highest BCUT2D eigenvalue weighted by Gasteiger charge is 2.29. The lowest BCUT2D eigenvalue weighted by Gasteiger charge is -2.38. The molecule has 6 nitrogen and oxygen atoms in total. The van der Waals surface area contributed by atoms with Crippen LogP contribution in [0.2, 0.25) is 0 Å². The summed E-state index contributed by atoms with van der Waals surface area (Å²) in [6.07, 6.45) is 9.30. The van der Waals surface area contributed by atoms with Gasteiger partial charge in [0.15, 0.2) is 11.5 Å². The van der Waals surface area contributed by atoms with Crippen LogP contribution in [0, 0.1) is 0 Å². The van der Waals surface area contributed by atoms with Gasteiger partial charge in [-0.1, -0.05) is 19.3 Å². The van der Waals surface area contributed by atoms with Gasteiger partial charge < -0.3 is 9.64 Å². The molecule has 4 rings (SSSR count). The molecule has 1 aliphatic heterocycles. The van der Waals surface area contributed by atoms with Crippen LogP contribution in [-0.4, -0.2) is 51.0 Å². The molecule has 3 heterocycles. The van der Waals surface area contributed by atoms with E-state index in [1.54, 1.807) is 7.11 Å². The van der Waals surface area contributed by atoms with Crippen molar-refractivity contribution in [3.63, 3.8) is 0 Å². The maximum Gasteiger partial charge on any atom is 0.231 e. The van der Waals surface area contributed by atoms with Crippen molar-refractivity contribution in [1.29, 1.82) is 0 Å². The first-order chi connectivity index (χ1) is 11.3. The standard InChI is InChI=1S/C17H25N5O/c1-23-16-8-7-15-18-19-17(22(15)20-16)13-9-11-21(12-10-13)14-5-3-2-4-6-14/h7-8,13-14H,2-6,9-12H2,1H3. The Kier molecular flexibility index (Phi) is 4.16. The van der Waals surface area contributed by atoms with Gasteiger partial charge in [-0.25, -0.2) is 0 Å². The summed E-state index contributed by atoms with van der Waals surface area (Å²) in [7, 11) is 1.64. The number of rotatable bonds is 3. The number of nitrogens with zero attached hydrogens (tertiary/aromatic N) is 5. The van der Waals surface area contributed by atoms with E-state index in [2.05, 4.69) is 20.2 Å². The number of methoxy groups -OCH3 is 1. The zero-order chi connectivity index (χ0) is 15.6. The van der Waals surface area contributed by atoms with Crippen LogP contribution in [-0.2, 0) is 0 Å². The van der Waals surface area contributed by atoms with E-state index < -0.39 is 0 Å². The topological polar surface area (TPSA) is 55.6 Å². The summed E-state index contributed by atoms with van der Waals surface area (Å²) in [5.74, 6) is 2.05. The molecular formula is C17H25N5O. The third-order valence-corrected chi connectivity index (χ3v) is 5.46. The summed E-state index contributed by atoms with van der Waals surface area (Å²) in [6, 6.07) is 4.57. The van der Waals surface area contributed by atoms with E-state index in [1.165, 1.54) is 45.2 Å². The Balaban J connectivity index is 1.47. The van der Waals surface area contributed by atoms with Crippen molar-refractivity contribution in [2.45, 2.75) is 56.9 Å². The first kappa shape index (κ1) is 14.9. The molecule has 2 aliphatic rings. The maximum absolute atomic E-state index is 5.23. The Morgan fingerprint density at radius 1 is 1.00 bits per heavy atom. The molecule has 1 saturated carbocycles. The van der Waals surface area contributed by atoms with Crippen LogP contribution in [0.25, 0.3) is 5.65 Å². The lowest BCUT2D eigenvalue weighted by atomic mass is 9.90. The summed E-state index contributed by atoms with van der Waals surface area (Å²) in [6.45, 7) is 2.35. The number of hydrogen-bond donors (Lipinski definition) is 0. The molecule has 6 heteroatoms. The van der Waals surface area contributed by atoms with Crippen LogP contribution in [0.3, 0.4) is 0 Å². The van der Waals surface area contributed by atoms with Gasteiger partial charge in [-0.2, -0.15) is 4.52 Å². The predicted octanol–water partition coefficient (Wildman–Crippen LogP) is 2.65. The number of ether oxygens (including phenoxy) is 1. The van der Waals surface area contributed by atoms with Crippen molar-refractivity contribution in [2.24, 2.45) is 0 Å². The van der Waals surface area contributed by atoms with Crippen LogP contribution in [0.1, 0.15) is 56.7 Å². The van der Waals surface area contributed by atoms with Crippen molar-refractivity contribution in [1.82, 2.24) is 24.7 Å². The van der Waals surface area contributed by atoms with Gasteiger partial charge in [-0.05, 0) is 44.8 Å². The second-order valence-electron chi connectivity index (χ2n) is 6.81. The van der Waals surface area contributed by atoms with Crippen molar-refractivity contribution in [3.05, 3.63) is 18.0 Å². The fourth-order valence-corrected chi connectivity index (χ4v) is 4.12. The molecule has 0 bridgehead atoms. The monoisotopic (exact) mass is 315 g/mol. The number of fused-ring (bicyclic) bond motifs is 1. The van der Waals surface area contributed by atoms with Crippen LogP contribution in [0.5, 0.6) is 5.88 Å². The molecule has 0 radical (unpaired) electrons. The van der Waals surface area contributed by atoms with Gasteiger partial charge in [-0.3, -0.25) is 0 Å². The van der Waals surface area contributed by atoms with Crippen molar-refractivity contribution >= 4 is 5.65 Å². The molecule has 0 spiro atoms. The van der Waals surface area contributed by atoms with Crippen molar-refractivity contribution in [2.75, 3.05) is 20.2 Å². The van der Waals surface area contributed by atoms with Crippen molar-refractivity contribution < 1.29 is 4.74 Å². The minimum Gasteiger partial charge on any atom is -0.480 e. The molecule has 0 atom stereocenters. The summed E-state index contributed by atoms with van der Waals surface area (Å²) < 4.78 is 7.10. The Morgan fingerprint density at radius 3 is 2.52 bits per heavy atom. The summed E-state index contributed by atoms with van der Waals surface area (Å²) >= 11 is 0. The minimum absolute atomic E-state index is 0.449. The Morgan fingerprint density at radius 2 is 1.78 bits per heavy atom. The quantitative estimate of drug-likeness (QED) is 0.871. The lowest BCUT2D eigenvalue weighted by molar-refractivity contribution is 0.120. The molecule has 0 unspecified atom stereocenters. The second-order valence-corrected chi connectivity index (χ2v) is 6.81. The predicted molar refractivity (Wildman–Crippen MR) is 87.8 cm³/mol. The van der Waals surface area contributed by atoms with Gasteiger partial charge in [0.2, 0.25) is 5.88 Å². The van der Waals surface area contributed by atoms with E-state index >= 15 is 0 Å². The average molecular weight is 315 g/mol. The molecule has 1 aliphatic carbocycles. The highest BCUT2D eigenvalue weighted by Crippen LogP contribution is 2.31. The Hall–Kier alpha value is -1.69. The van der Waals surface area contributed by atoms with E-state index in [1.807, 2.05) is 16.6 Å². The van der Waals surface area contributed by atoms with Gasteiger partial charge in [0, 0.05) is 18.0 Å². The van der Waals surface area contributed by atoms with E-state index in [0.717, 1.165) is 30.4 Å². The molecule has 0 N–H and O–H groups in total. The van der Waals surface area contributed by atoms with E-state index in [0.29, 0.717) is 11.8 Å². The smallest absolute Gasteiger partial charge is 0.231 e. The van der Waals surface area contributed by atoms with Crippen LogP contribution in [0.15, 0.2) is 12.1 Å². The molecule has 0 amide bonds. The molecular weight excluding hydrogens is 290 g/mol. The maximum atomic E-state index is 5.23. The largest absolute Gasteiger partial charge is 0.480 e. The summed E-state index contributed by atoms with van der Waals surface area (Å²) in [5.41, 5.74) is 0.801. The summed E-state index contributed by atoms with van der Waals surface area (Å²) in [5, 5.41) is 13.2. The van der Waals surface area contributed by atoms with Gasteiger partial charge in [0.1, 0.15) is 0 Å². The van der Waals surface area contributed by atoms with E-state index in [4.69, 9.17) is 4.74 Å². The zero-order valence-corrected chi connectivity index (χ0v) is 13.8. The van der Waals surface area contributed by atoms with E-state index in [9.17, 15) is 0 Å². The first-order valence-electron chi connectivity index (χ1n) is 8.85. The zero-order valence-electron chi connectivity index (χ0n) is 13.8. The number of likely N-dealkylation sites (tertiary alicyclic amines) is 1. The highest BCUT2D eigenvalue weighted by molar-refractivity contribution is 5.38. The van der Waals surface area contributed by atoms with Gasteiger partial charge >= 0.3 is 0 Å². The molecule has 124 valence electrons. The number of aromatic nitrogens is 4. The molecule has 2 aromatic heterocycles. The van der Waals surface area contributed by atoms with Gasteiger partial charge in [0.25, 0.3) is 0 Å². The minimum atomic E-state index is 0.449. The molecule has 2 fully saturated rings. The number of piperidine rings is 1. The first-order valence-corrected chi connectivity index (χ1v) is 8.85. The summed E-state index contributed by atoms with van der Waals surface area (Å²) in [4.78, 5) is 2.70. The van der Waals surface area contributed by atoms with Crippen molar-refractivity contribution in [3.8, 4) is 5.88 Å². The molecule has 1 saturated heterocycles. The fourth-order valence-electron chi connectivity index (χ4n) is 4.12. The lowest BCUT2D eigenvalue weighted by Crippen LogP contribution is -2.42. The van der Waals surface area contributed by atoms with Gasteiger partial charge in [-0.15, -0.1) is 15.3 Å². The molecule has 0 aromatic carbocycles. The van der Waals surface area contributed by atoms with Gasteiger partial charge in [0.05, 0.1) is 7.11 Å². The number of hydrogen-bond acceptors (Lipinski definition) is 5. The molecule has 2 aromatic rings. The SMILES string of the molecule is COc1ccc2nnc(C3CCN(C4CCCCC4)CC3)n2n1. The third kappa shape index (κ3) is 2.92. The molecule has 23 heavy (non-hydrogen) atoms. The van der Waals surface area contributed by atoms with Crippen LogP contribution >= 0.6 is 0 Å². The van der Waals surface area contributed by atoms with Crippen LogP contribution < -0.4 is 4.74 Å². The Bertz CT molecular complexity index is 656. The normalized spacial score (nSPS) is 21.8. The Labute approximate surface area is 136 Å². The van der Waals surface area contributed by atoms with Crippen LogP contribution in [0.4, 0.5) is 0 Å². The average Bonchev–Trinajstić information content (AvgIpc) is 3.05. The second kappa shape index (κ2) is 6.43. The fraction of sp³-hybridized carbons (Fsp3) is 0.706. The third-order valence-electron chi connectivity index (χ3n) is 5.46. The van der Waals surface area contributed by atoms with E-state index in [-0.39, 0.29) is 0 Å².